The highest BCUT2D eigenvalue weighted by molar-refractivity contribution is 6.38. The number of nitrogen functional groups attached to an aromatic ring is 1. The van der Waals surface area contributed by atoms with E-state index in [0.29, 0.717) is 17.0 Å². The van der Waals surface area contributed by atoms with Crippen LogP contribution in [0.4, 0.5) is 11.4 Å². The fourth-order valence-electron chi connectivity index (χ4n) is 1.72. The van der Waals surface area contributed by atoms with Gasteiger partial charge in [-0.15, -0.1) is 11.6 Å². The van der Waals surface area contributed by atoms with E-state index in [-0.39, 0.29) is 5.78 Å². The van der Waals surface area contributed by atoms with E-state index in [1.165, 1.54) is 0 Å². The third-order valence-electron chi connectivity index (χ3n) is 2.81. The van der Waals surface area contributed by atoms with E-state index in [9.17, 15) is 4.79 Å². The molecule has 4 nitrogen and oxygen atoms in total. The molecule has 0 heterocycles. The van der Waals surface area contributed by atoms with Crippen LogP contribution < -0.4 is 11.5 Å². The molecular formula is C13H14ClN3O. The van der Waals surface area contributed by atoms with Crippen molar-refractivity contribution in [2.75, 3.05) is 5.73 Å². The van der Waals surface area contributed by atoms with Crippen LogP contribution in [0.1, 0.15) is 6.92 Å². The highest BCUT2D eigenvalue weighted by Gasteiger charge is 2.31. The summed E-state index contributed by atoms with van der Waals surface area (Å²) in [6.07, 6.45) is 1.68. The van der Waals surface area contributed by atoms with Crippen LogP contribution in [-0.2, 0) is 4.79 Å². The largest absolute Gasteiger partial charge is 0.399 e. The topological polar surface area (TPSA) is 81.5 Å². The van der Waals surface area contributed by atoms with Crippen molar-refractivity contribution in [3.8, 4) is 0 Å². The van der Waals surface area contributed by atoms with Crippen LogP contribution in [-0.4, -0.2) is 22.9 Å². The Bertz CT molecular complexity index is 534. The van der Waals surface area contributed by atoms with Crippen LogP contribution in [0.2, 0.25) is 0 Å². The Labute approximate surface area is 110 Å². The van der Waals surface area contributed by atoms with E-state index in [1.54, 1.807) is 37.3 Å². The Morgan fingerprint density at radius 2 is 1.89 bits per heavy atom. The van der Waals surface area contributed by atoms with Crippen LogP contribution in [0.15, 0.2) is 40.9 Å². The average Bonchev–Trinajstić information content (AvgIpc) is 2.36. The molecule has 5 heteroatoms. The Morgan fingerprint density at radius 1 is 1.28 bits per heavy atom. The maximum atomic E-state index is 11.6. The van der Waals surface area contributed by atoms with Crippen molar-refractivity contribution in [1.82, 2.24) is 0 Å². The molecule has 2 unspecified atom stereocenters. The number of anilines is 1. The summed E-state index contributed by atoms with van der Waals surface area (Å²) in [6, 6.07) is 6.51. The number of nitrogens with two attached hydrogens (primary N) is 2. The highest BCUT2D eigenvalue weighted by Crippen LogP contribution is 2.21. The lowest BCUT2D eigenvalue weighted by Gasteiger charge is -2.22. The minimum atomic E-state index is -0.748. The lowest BCUT2D eigenvalue weighted by molar-refractivity contribution is -0.115. The van der Waals surface area contributed by atoms with Crippen LogP contribution in [0.3, 0.4) is 0 Å². The SMILES string of the molecule is CC1=CC(=Nc2ccc(N)cc2)C(N)C(Cl)C1=O. The molecule has 0 radical (unpaired) electrons. The minimum Gasteiger partial charge on any atom is -0.399 e. The second kappa shape index (κ2) is 4.92. The standard InChI is InChI=1S/C13H14ClN3O/c1-7-6-10(12(16)11(14)13(7)18)17-9-4-2-8(15)3-5-9/h2-6,11-12H,15-16H2,1H3. The zero-order chi connectivity index (χ0) is 13.3. The number of carbonyl (C=O) groups excluding carboxylic acids is 1. The smallest absolute Gasteiger partial charge is 0.178 e. The molecule has 2 atom stereocenters. The number of allylic oxidation sites excluding steroid dienone is 1. The van der Waals surface area contributed by atoms with Gasteiger partial charge in [0.15, 0.2) is 5.78 Å². The maximum Gasteiger partial charge on any atom is 0.178 e. The summed E-state index contributed by atoms with van der Waals surface area (Å²) in [5, 5.41) is -0.748. The Hall–Kier alpha value is -1.65. The lowest BCUT2D eigenvalue weighted by Crippen LogP contribution is -2.46. The predicted molar refractivity (Wildman–Crippen MR) is 74.3 cm³/mol. The fraction of sp³-hybridized carbons (Fsp3) is 0.231. The van der Waals surface area contributed by atoms with E-state index in [2.05, 4.69) is 4.99 Å². The number of Topliss-reactive ketones (excluding diaryl/α,β-unsaturated/α-hetero) is 1. The number of rotatable bonds is 1. The van der Waals surface area contributed by atoms with E-state index >= 15 is 0 Å². The summed E-state index contributed by atoms with van der Waals surface area (Å²) in [5.74, 6) is -0.138. The molecule has 0 aromatic heterocycles. The van der Waals surface area contributed by atoms with Gasteiger partial charge in [0.05, 0.1) is 17.4 Å². The Balaban J connectivity index is 2.38. The molecule has 0 saturated heterocycles. The molecule has 1 aromatic carbocycles. The van der Waals surface area contributed by atoms with Gasteiger partial charge in [-0.25, -0.2) is 0 Å². The van der Waals surface area contributed by atoms with Crippen molar-refractivity contribution in [1.29, 1.82) is 0 Å². The first-order valence-electron chi connectivity index (χ1n) is 5.55. The summed E-state index contributed by atoms with van der Waals surface area (Å²) in [7, 11) is 0. The number of benzene rings is 1. The molecule has 0 spiro atoms. The van der Waals surface area contributed by atoms with Gasteiger partial charge in [0.2, 0.25) is 0 Å². The first-order valence-corrected chi connectivity index (χ1v) is 5.99. The first kappa shape index (κ1) is 12.8. The highest BCUT2D eigenvalue weighted by atomic mass is 35.5. The molecule has 0 aliphatic heterocycles. The van der Waals surface area contributed by atoms with E-state index in [1.807, 2.05) is 0 Å². The van der Waals surface area contributed by atoms with Crippen molar-refractivity contribution in [3.05, 3.63) is 35.9 Å². The van der Waals surface area contributed by atoms with Gasteiger partial charge in [0.1, 0.15) is 5.38 Å². The molecule has 0 fully saturated rings. The number of halogens is 1. The van der Waals surface area contributed by atoms with Gasteiger partial charge in [0, 0.05) is 5.69 Å². The van der Waals surface area contributed by atoms with Crippen molar-refractivity contribution in [2.45, 2.75) is 18.3 Å². The molecule has 1 aliphatic rings. The van der Waals surface area contributed by atoms with Gasteiger partial charge in [-0.2, -0.15) is 0 Å². The van der Waals surface area contributed by atoms with Crippen LogP contribution in [0.5, 0.6) is 0 Å². The first-order chi connectivity index (χ1) is 8.49. The maximum absolute atomic E-state index is 11.6. The van der Waals surface area contributed by atoms with Crippen LogP contribution >= 0.6 is 11.6 Å². The molecule has 2 rings (SSSR count). The molecule has 0 bridgehead atoms. The van der Waals surface area contributed by atoms with E-state index in [4.69, 9.17) is 23.1 Å². The minimum absolute atomic E-state index is 0.138. The van der Waals surface area contributed by atoms with Crippen molar-refractivity contribution in [2.24, 2.45) is 10.7 Å². The molecule has 4 N–H and O–H groups in total. The number of aliphatic imine (C=N–C) groups is 1. The van der Waals surface area contributed by atoms with Gasteiger partial charge in [-0.05, 0) is 42.8 Å². The monoisotopic (exact) mass is 263 g/mol. The second-order valence-corrected chi connectivity index (χ2v) is 4.72. The van der Waals surface area contributed by atoms with Gasteiger partial charge in [-0.3, -0.25) is 9.79 Å². The van der Waals surface area contributed by atoms with Crippen molar-refractivity contribution >= 4 is 34.5 Å². The number of hydrogen-bond donors (Lipinski definition) is 2. The molecular weight excluding hydrogens is 250 g/mol. The number of carbonyl (C=O) groups is 1. The normalized spacial score (nSPS) is 26.3. The number of nitrogens with zero attached hydrogens (tertiary/aromatic N) is 1. The summed E-state index contributed by atoms with van der Waals surface area (Å²) in [4.78, 5) is 16.0. The van der Waals surface area contributed by atoms with E-state index < -0.39 is 11.4 Å². The molecule has 0 saturated carbocycles. The van der Waals surface area contributed by atoms with Crippen LogP contribution in [0.25, 0.3) is 0 Å². The summed E-state index contributed by atoms with van der Waals surface area (Å²) < 4.78 is 0. The Kier molecular flexibility index (Phi) is 3.50. The molecule has 1 aliphatic carbocycles. The number of hydrogen-bond acceptors (Lipinski definition) is 4. The van der Waals surface area contributed by atoms with Crippen molar-refractivity contribution in [3.63, 3.8) is 0 Å². The van der Waals surface area contributed by atoms with Crippen molar-refractivity contribution < 1.29 is 4.79 Å². The number of alkyl halides is 1. The molecule has 1 aromatic rings. The van der Waals surface area contributed by atoms with Crippen LogP contribution in [0, 0.1) is 0 Å². The zero-order valence-electron chi connectivity index (χ0n) is 9.93. The summed E-state index contributed by atoms with van der Waals surface area (Å²) in [6.45, 7) is 1.71. The quantitative estimate of drug-likeness (QED) is 0.599. The second-order valence-electron chi connectivity index (χ2n) is 4.25. The predicted octanol–water partition coefficient (Wildman–Crippen LogP) is 1.80. The van der Waals surface area contributed by atoms with Gasteiger partial charge >= 0.3 is 0 Å². The zero-order valence-corrected chi connectivity index (χ0v) is 10.7. The molecule has 18 heavy (non-hydrogen) atoms. The lowest BCUT2D eigenvalue weighted by atomic mass is 9.93. The third-order valence-corrected chi connectivity index (χ3v) is 3.28. The average molecular weight is 264 g/mol. The number of ketones is 1. The van der Waals surface area contributed by atoms with Gasteiger partial charge < -0.3 is 11.5 Å². The third kappa shape index (κ3) is 2.44. The van der Waals surface area contributed by atoms with Gasteiger partial charge in [0.25, 0.3) is 0 Å². The van der Waals surface area contributed by atoms with E-state index in [0.717, 1.165) is 5.69 Å². The Morgan fingerprint density at radius 3 is 2.50 bits per heavy atom. The molecule has 0 amide bonds. The van der Waals surface area contributed by atoms with Gasteiger partial charge in [-0.1, -0.05) is 0 Å². The summed E-state index contributed by atoms with van der Waals surface area (Å²) in [5.41, 5.74) is 14.1. The summed E-state index contributed by atoms with van der Waals surface area (Å²) >= 11 is 5.98. The fourth-order valence-corrected chi connectivity index (χ4v) is 2.03. The molecule has 94 valence electrons.